The fourth-order valence-corrected chi connectivity index (χ4v) is 3.63. The first-order valence-electron chi connectivity index (χ1n) is 10.7. The maximum Gasteiger partial charge on any atom is 0.227 e. The highest BCUT2D eigenvalue weighted by Gasteiger charge is 2.15. The molecule has 9 nitrogen and oxygen atoms in total. The molecule has 1 fully saturated rings. The van der Waals surface area contributed by atoms with Gasteiger partial charge in [-0.15, -0.1) is 0 Å². The Hall–Kier alpha value is -3.46. The summed E-state index contributed by atoms with van der Waals surface area (Å²) in [4.78, 5) is 23.7. The third-order valence-electron chi connectivity index (χ3n) is 5.36. The smallest absolute Gasteiger partial charge is 0.227 e. The molecule has 2 N–H and O–H groups in total. The monoisotopic (exact) mass is 436 g/mol. The molecule has 2 aromatic heterocycles. The molecule has 0 unspecified atom stereocenters. The summed E-state index contributed by atoms with van der Waals surface area (Å²) in [6.45, 7) is 8.65. The molecule has 9 heteroatoms. The van der Waals surface area contributed by atoms with Crippen molar-refractivity contribution in [3.8, 4) is 0 Å². The Kier molecular flexibility index (Phi) is 6.65. The lowest BCUT2D eigenvalue weighted by Crippen LogP contribution is -2.37. The van der Waals surface area contributed by atoms with E-state index in [9.17, 15) is 4.79 Å². The zero-order chi connectivity index (χ0) is 22.5. The van der Waals surface area contributed by atoms with Crippen molar-refractivity contribution in [2.45, 2.75) is 33.6 Å². The van der Waals surface area contributed by atoms with Crippen LogP contribution in [0.4, 0.5) is 23.1 Å². The van der Waals surface area contributed by atoms with Gasteiger partial charge in [0.1, 0.15) is 11.6 Å². The highest BCUT2D eigenvalue weighted by atomic mass is 16.5. The van der Waals surface area contributed by atoms with Crippen LogP contribution in [0.15, 0.2) is 34.9 Å². The van der Waals surface area contributed by atoms with E-state index in [0.29, 0.717) is 32.0 Å². The molecule has 1 amide bonds. The van der Waals surface area contributed by atoms with Crippen LogP contribution < -0.4 is 15.5 Å². The van der Waals surface area contributed by atoms with Gasteiger partial charge < -0.3 is 24.8 Å². The summed E-state index contributed by atoms with van der Waals surface area (Å²) in [5.74, 6) is 2.16. The molecule has 0 aliphatic carbocycles. The summed E-state index contributed by atoms with van der Waals surface area (Å²) >= 11 is 0. The normalized spacial score (nSPS) is 13.8. The number of hydrogen-bond acceptors (Lipinski definition) is 8. The lowest BCUT2D eigenvalue weighted by Gasteiger charge is -2.27. The largest absolute Gasteiger partial charge is 0.378 e. The number of ether oxygens (including phenoxy) is 1. The first-order chi connectivity index (χ1) is 15.5. The van der Waals surface area contributed by atoms with Crippen LogP contribution >= 0.6 is 0 Å². The number of amides is 1. The summed E-state index contributed by atoms with van der Waals surface area (Å²) in [6, 6.07) is 9.47. The second-order valence-corrected chi connectivity index (χ2v) is 7.85. The summed E-state index contributed by atoms with van der Waals surface area (Å²) < 4.78 is 10.6. The fourth-order valence-electron chi connectivity index (χ4n) is 3.63. The minimum Gasteiger partial charge on any atom is -0.378 e. The van der Waals surface area contributed by atoms with Crippen molar-refractivity contribution in [2.75, 3.05) is 41.8 Å². The van der Waals surface area contributed by atoms with E-state index >= 15 is 0 Å². The topological polar surface area (TPSA) is 105 Å². The van der Waals surface area contributed by atoms with Crippen molar-refractivity contribution in [3.63, 3.8) is 0 Å². The summed E-state index contributed by atoms with van der Waals surface area (Å²) in [5.41, 5.74) is 4.35. The maximum absolute atomic E-state index is 12.3. The molecule has 0 spiro atoms. The predicted molar refractivity (Wildman–Crippen MR) is 122 cm³/mol. The average molecular weight is 437 g/mol. The Morgan fingerprint density at radius 3 is 2.47 bits per heavy atom. The molecule has 0 bridgehead atoms. The van der Waals surface area contributed by atoms with E-state index in [0.717, 1.165) is 53.0 Å². The first kappa shape index (κ1) is 21.8. The van der Waals surface area contributed by atoms with Gasteiger partial charge in [-0.2, -0.15) is 4.98 Å². The van der Waals surface area contributed by atoms with Gasteiger partial charge in [-0.1, -0.05) is 5.16 Å². The van der Waals surface area contributed by atoms with Crippen molar-refractivity contribution < 1.29 is 14.1 Å². The number of carbonyl (C=O) groups excluding carboxylic acids is 1. The van der Waals surface area contributed by atoms with Gasteiger partial charge in [-0.25, -0.2) is 4.98 Å². The lowest BCUT2D eigenvalue weighted by atomic mass is 10.1. The minimum atomic E-state index is -0.0488. The number of nitrogens with one attached hydrogen (secondary N) is 2. The van der Waals surface area contributed by atoms with E-state index in [-0.39, 0.29) is 5.91 Å². The van der Waals surface area contributed by atoms with Crippen molar-refractivity contribution >= 4 is 29.0 Å². The molecule has 1 aliphatic rings. The van der Waals surface area contributed by atoms with Crippen LogP contribution in [0.3, 0.4) is 0 Å². The molecule has 168 valence electrons. The number of nitrogens with zero attached hydrogens (tertiary/aromatic N) is 4. The maximum atomic E-state index is 12.3. The third-order valence-corrected chi connectivity index (χ3v) is 5.36. The Morgan fingerprint density at radius 1 is 1.06 bits per heavy atom. The van der Waals surface area contributed by atoms with Crippen LogP contribution in [0, 0.1) is 20.8 Å². The van der Waals surface area contributed by atoms with E-state index in [2.05, 4.69) is 30.7 Å². The molecule has 0 atom stereocenters. The molecule has 1 saturated heterocycles. The molecular formula is C23H28N6O3. The summed E-state index contributed by atoms with van der Waals surface area (Å²) in [6.07, 6.45) is 0.971. The van der Waals surface area contributed by atoms with Gasteiger partial charge in [0.15, 0.2) is 0 Å². The van der Waals surface area contributed by atoms with Crippen molar-refractivity contribution in [1.29, 1.82) is 0 Å². The van der Waals surface area contributed by atoms with Gasteiger partial charge >= 0.3 is 0 Å². The zero-order valence-corrected chi connectivity index (χ0v) is 18.6. The lowest BCUT2D eigenvalue weighted by molar-refractivity contribution is -0.116. The van der Waals surface area contributed by atoms with Gasteiger partial charge in [0.25, 0.3) is 0 Å². The molecule has 4 rings (SSSR count). The highest BCUT2D eigenvalue weighted by Crippen LogP contribution is 2.21. The van der Waals surface area contributed by atoms with Crippen LogP contribution in [0.25, 0.3) is 0 Å². The van der Waals surface area contributed by atoms with E-state index in [1.807, 2.05) is 51.1 Å². The second-order valence-electron chi connectivity index (χ2n) is 7.85. The number of morpholine rings is 1. The highest BCUT2D eigenvalue weighted by molar-refractivity contribution is 5.91. The summed E-state index contributed by atoms with van der Waals surface area (Å²) in [5, 5.41) is 10.2. The summed E-state index contributed by atoms with van der Waals surface area (Å²) in [7, 11) is 0. The van der Waals surface area contributed by atoms with E-state index in [4.69, 9.17) is 9.26 Å². The van der Waals surface area contributed by atoms with Crippen molar-refractivity contribution in [1.82, 2.24) is 15.1 Å². The van der Waals surface area contributed by atoms with E-state index in [1.54, 1.807) is 0 Å². The number of rotatable bonds is 7. The van der Waals surface area contributed by atoms with E-state index < -0.39 is 0 Å². The van der Waals surface area contributed by atoms with Crippen LogP contribution in [0.5, 0.6) is 0 Å². The number of anilines is 4. The Labute approximate surface area is 187 Å². The molecular weight excluding hydrogens is 408 g/mol. The predicted octanol–water partition coefficient (Wildman–Crippen LogP) is 3.54. The molecule has 3 aromatic rings. The van der Waals surface area contributed by atoms with Crippen LogP contribution in [0.2, 0.25) is 0 Å². The Bertz CT molecular complexity index is 1050. The Balaban J connectivity index is 1.34. The molecule has 3 heterocycles. The van der Waals surface area contributed by atoms with E-state index in [1.165, 1.54) is 0 Å². The standard InChI is InChI=1S/C23H28N6O3/c1-15-14-21(27-23(24-15)29-10-12-31-13-11-29)25-18-4-6-19(7-5-18)26-22(30)9-8-20-16(2)28-32-17(20)3/h4-7,14H,8-13H2,1-3H3,(H,26,30)(H,24,25,27). The SMILES string of the molecule is Cc1cc(Nc2ccc(NC(=O)CCc3c(C)noc3C)cc2)nc(N2CCOCC2)n1. The van der Waals surface area contributed by atoms with Crippen LogP contribution in [-0.4, -0.2) is 47.3 Å². The number of benzene rings is 1. The molecule has 0 radical (unpaired) electrons. The molecule has 0 saturated carbocycles. The number of aromatic nitrogens is 3. The Morgan fingerprint density at radius 2 is 1.78 bits per heavy atom. The number of hydrogen-bond donors (Lipinski definition) is 2. The minimum absolute atomic E-state index is 0.0488. The van der Waals surface area contributed by atoms with Gasteiger partial charge in [0, 0.05) is 48.2 Å². The fraction of sp³-hybridized carbons (Fsp3) is 0.391. The first-order valence-corrected chi connectivity index (χ1v) is 10.7. The van der Waals surface area contributed by atoms with Crippen molar-refractivity contribution in [2.24, 2.45) is 0 Å². The quantitative estimate of drug-likeness (QED) is 0.579. The number of aryl methyl sites for hydroxylation is 3. The van der Waals surface area contributed by atoms with Gasteiger partial charge in [-0.05, 0) is 51.5 Å². The van der Waals surface area contributed by atoms with Gasteiger partial charge in [0.05, 0.1) is 18.9 Å². The van der Waals surface area contributed by atoms with Gasteiger partial charge in [0.2, 0.25) is 11.9 Å². The van der Waals surface area contributed by atoms with Crippen LogP contribution in [0.1, 0.15) is 29.1 Å². The zero-order valence-electron chi connectivity index (χ0n) is 18.6. The van der Waals surface area contributed by atoms with Crippen molar-refractivity contribution in [3.05, 3.63) is 53.0 Å². The molecule has 1 aliphatic heterocycles. The molecule has 1 aromatic carbocycles. The van der Waals surface area contributed by atoms with Gasteiger partial charge in [-0.3, -0.25) is 4.79 Å². The van der Waals surface area contributed by atoms with Crippen LogP contribution in [-0.2, 0) is 16.0 Å². The number of carbonyl (C=O) groups is 1. The molecule has 32 heavy (non-hydrogen) atoms. The third kappa shape index (κ3) is 5.42. The second kappa shape index (κ2) is 9.78. The average Bonchev–Trinajstić information content (AvgIpc) is 3.11.